The van der Waals surface area contributed by atoms with Gasteiger partial charge in [0.1, 0.15) is 0 Å². The first kappa shape index (κ1) is 17.8. The lowest BCUT2D eigenvalue weighted by Crippen LogP contribution is -2.50. The average molecular weight is 349 g/mol. The van der Waals surface area contributed by atoms with Gasteiger partial charge in [-0.2, -0.15) is 0 Å². The summed E-state index contributed by atoms with van der Waals surface area (Å²) < 4.78 is 0. The van der Waals surface area contributed by atoms with Gasteiger partial charge < -0.3 is 10.6 Å². The Balaban J connectivity index is 1.60. The highest BCUT2D eigenvalue weighted by Gasteiger charge is 2.41. The number of carbonyl (C=O) groups is 1. The lowest BCUT2D eigenvalue weighted by atomic mass is 9.65. The van der Waals surface area contributed by atoms with Crippen molar-refractivity contribution in [3.8, 4) is 0 Å². The van der Waals surface area contributed by atoms with E-state index in [1.54, 1.807) is 0 Å². The molecule has 2 fully saturated rings. The van der Waals surface area contributed by atoms with Crippen molar-refractivity contribution in [2.45, 2.75) is 57.5 Å². The first-order valence-corrected chi connectivity index (χ1v) is 9.60. The summed E-state index contributed by atoms with van der Waals surface area (Å²) in [5, 5.41) is 0.751. The van der Waals surface area contributed by atoms with E-state index < -0.39 is 0 Å². The Kier molecular flexibility index (Phi) is 5.51. The van der Waals surface area contributed by atoms with Gasteiger partial charge in [-0.15, -0.1) is 0 Å². The van der Waals surface area contributed by atoms with E-state index in [2.05, 4.69) is 6.92 Å². The van der Waals surface area contributed by atoms with Crippen LogP contribution < -0.4 is 5.73 Å². The van der Waals surface area contributed by atoms with Gasteiger partial charge in [0.15, 0.2) is 0 Å². The number of hydrogen-bond donors (Lipinski definition) is 1. The summed E-state index contributed by atoms with van der Waals surface area (Å²) in [6, 6.07) is 8.42. The fourth-order valence-electron chi connectivity index (χ4n) is 4.59. The van der Waals surface area contributed by atoms with E-state index in [-0.39, 0.29) is 12.0 Å². The number of fused-ring (bicyclic) bond motifs is 2. The third kappa shape index (κ3) is 3.78. The second-order valence-corrected chi connectivity index (χ2v) is 8.26. The maximum atomic E-state index is 13.0. The van der Waals surface area contributed by atoms with Gasteiger partial charge in [0.25, 0.3) is 0 Å². The van der Waals surface area contributed by atoms with Crippen LogP contribution in [0.4, 0.5) is 0 Å². The summed E-state index contributed by atoms with van der Waals surface area (Å²) in [4.78, 5) is 14.9. The Labute approximate surface area is 150 Å². The van der Waals surface area contributed by atoms with Crippen LogP contribution in [0.3, 0.4) is 0 Å². The van der Waals surface area contributed by atoms with Crippen molar-refractivity contribution in [1.29, 1.82) is 0 Å². The molecule has 0 spiro atoms. The molecule has 0 aliphatic heterocycles. The number of nitrogens with zero attached hydrogens (tertiary/aromatic N) is 1. The predicted molar refractivity (Wildman–Crippen MR) is 98.9 cm³/mol. The number of hydrogen-bond acceptors (Lipinski definition) is 2. The smallest absolute Gasteiger partial charge is 0.225 e. The molecule has 4 heteroatoms. The number of halogens is 1. The minimum Gasteiger partial charge on any atom is -0.342 e. The molecule has 2 aliphatic rings. The van der Waals surface area contributed by atoms with Gasteiger partial charge in [-0.05, 0) is 68.6 Å². The molecule has 0 saturated heterocycles. The van der Waals surface area contributed by atoms with Gasteiger partial charge in [0.2, 0.25) is 5.91 Å². The molecule has 1 amide bonds. The largest absolute Gasteiger partial charge is 0.342 e. The highest BCUT2D eigenvalue weighted by molar-refractivity contribution is 6.30. The Morgan fingerprint density at radius 1 is 1.25 bits per heavy atom. The van der Waals surface area contributed by atoms with Crippen LogP contribution in [-0.2, 0) is 11.2 Å². The second-order valence-electron chi connectivity index (χ2n) is 7.83. The minimum atomic E-state index is 0.165. The molecule has 1 aromatic rings. The molecule has 24 heavy (non-hydrogen) atoms. The molecule has 3 rings (SSSR count). The van der Waals surface area contributed by atoms with E-state index in [4.69, 9.17) is 17.3 Å². The molecule has 2 bridgehead atoms. The van der Waals surface area contributed by atoms with Crippen molar-refractivity contribution < 1.29 is 4.79 Å². The zero-order valence-corrected chi connectivity index (χ0v) is 15.5. The maximum absolute atomic E-state index is 13.0. The summed E-state index contributed by atoms with van der Waals surface area (Å²) in [5.74, 6) is 1.57. The van der Waals surface area contributed by atoms with Crippen LogP contribution in [0.2, 0.25) is 5.02 Å². The van der Waals surface area contributed by atoms with Crippen LogP contribution in [0.5, 0.6) is 0 Å². The SMILES string of the molecule is CC(Cc1ccc(Cl)cc1)N(C)C(=O)C1CC2CCCC(C1)C2N. The van der Waals surface area contributed by atoms with Gasteiger partial charge in [-0.1, -0.05) is 30.2 Å². The molecule has 0 radical (unpaired) electrons. The molecule has 2 N–H and O–H groups in total. The van der Waals surface area contributed by atoms with E-state index in [9.17, 15) is 4.79 Å². The van der Waals surface area contributed by atoms with Gasteiger partial charge >= 0.3 is 0 Å². The van der Waals surface area contributed by atoms with Crippen molar-refractivity contribution in [1.82, 2.24) is 4.90 Å². The highest BCUT2D eigenvalue weighted by Crippen LogP contribution is 2.42. The zero-order chi connectivity index (χ0) is 17.3. The van der Waals surface area contributed by atoms with Gasteiger partial charge in [0, 0.05) is 30.1 Å². The van der Waals surface area contributed by atoms with E-state index in [0.717, 1.165) is 24.3 Å². The van der Waals surface area contributed by atoms with Crippen LogP contribution in [0.15, 0.2) is 24.3 Å². The number of rotatable bonds is 4. The van der Waals surface area contributed by atoms with Crippen molar-refractivity contribution in [3.63, 3.8) is 0 Å². The third-order valence-corrected chi connectivity index (χ3v) is 6.47. The molecule has 1 aromatic carbocycles. The van der Waals surface area contributed by atoms with Crippen molar-refractivity contribution >= 4 is 17.5 Å². The quantitative estimate of drug-likeness (QED) is 0.897. The molecule has 3 nitrogen and oxygen atoms in total. The number of carbonyl (C=O) groups excluding carboxylic acids is 1. The highest BCUT2D eigenvalue weighted by atomic mass is 35.5. The van der Waals surface area contributed by atoms with Crippen LogP contribution >= 0.6 is 11.6 Å². The summed E-state index contributed by atoms with van der Waals surface area (Å²) in [6.07, 6.45) is 6.51. The van der Waals surface area contributed by atoms with Gasteiger partial charge in [0.05, 0.1) is 0 Å². The Morgan fingerprint density at radius 3 is 2.42 bits per heavy atom. The summed E-state index contributed by atoms with van der Waals surface area (Å²) in [5.41, 5.74) is 7.58. The van der Waals surface area contributed by atoms with Crippen LogP contribution in [0.1, 0.15) is 44.6 Å². The predicted octanol–water partition coefficient (Wildman–Crippen LogP) is 3.88. The molecule has 132 valence electrons. The fraction of sp³-hybridized carbons (Fsp3) is 0.650. The Morgan fingerprint density at radius 2 is 1.83 bits per heavy atom. The van der Waals surface area contributed by atoms with E-state index in [0.29, 0.717) is 23.8 Å². The maximum Gasteiger partial charge on any atom is 0.225 e. The van der Waals surface area contributed by atoms with Gasteiger partial charge in [-0.25, -0.2) is 0 Å². The molecule has 0 heterocycles. The number of benzene rings is 1. The van der Waals surface area contributed by atoms with Crippen molar-refractivity contribution in [2.75, 3.05) is 7.05 Å². The summed E-state index contributed by atoms with van der Waals surface area (Å²) >= 11 is 5.95. The monoisotopic (exact) mass is 348 g/mol. The number of likely N-dealkylation sites (N-methyl/N-ethyl adjacent to an activating group) is 1. The van der Waals surface area contributed by atoms with E-state index >= 15 is 0 Å². The summed E-state index contributed by atoms with van der Waals surface area (Å²) in [7, 11) is 1.95. The van der Waals surface area contributed by atoms with Crippen molar-refractivity contribution in [3.05, 3.63) is 34.9 Å². The average Bonchev–Trinajstić information content (AvgIpc) is 2.55. The Bertz CT molecular complexity index is 560. The standard InChI is InChI=1S/C20H29ClN2O/c1-13(10-14-6-8-18(21)9-7-14)23(2)20(24)17-11-15-4-3-5-16(12-17)19(15)22/h6-9,13,15-17,19H,3-5,10-12,22H2,1-2H3. The molecule has 2 aliphatic carbocycles. The molecule has 3 unspecified atom stereocenters. The Hall–Kier alpha value is -1.06. The normalized spacial score (nSPS) is 30.7. The van der Waals surface area contributed by atoms with E-state index in [1.807, 2.05) is 36.2 Å². The second kappa shape index (κ2) is 7.45. The van der Waals surface area contributed by atoms with Crippen molar-refractivity contribution in [2.24, 2.45) is 23.5 Å². The fourth-order valence-corrected chi connectivity index (χ4v) is 4.72. The molecular weight excluding hydrogens is 320 g/mol. The van der Waals surface area contributed by atoms with Crippen LogP contribution in [-0.4, -0.2) is 29.9 Å². The van der Waals surface area contributed by atoms with Crippen LogP contribution in [0.25, 0.3) is 0 Å². The first-order valence-electron chi connectivity index (χ1n) is 9.22. The zero-order valence-electron chi connectivity index (χ0n) is 14.7. The first-order chi connectivity index (χ1) is 11.5. The topological polar surface area (TPSA) is 46.3 Å². The van der Waals surface area contributed by atoms with Crippen LogP contribution in [0, 0.1) is 17.8 Å². The minimum absolute atomic E-state index is 0.165. The molecule has 2 saturated carbocycles. The number of amides is 1. The lowest BCUT2D eigenvalue weighted by molar-refractivity contribution is -0.139. The van der Waals surface area contributed by atoms with E-state index in [1.165, 1.54) is 24.8 Å². The lowest BCUT2D eigenvalue weighted by Gasteiger charge is -2.44. The molecule has 0 aromatic heterocycles. The van der Waals surface area contributed by atoms with Gasteiger partial charge in [-0.3, -0.25) is 4.79 Å². The number of nitrogens with two attached hydrogens (primary N) is 1. The molecule has 3 atom stereocenters. The summed E-state index contributed by atoms with van der Waals surface area (Å²) in [6.45, 7) is 2.13. The third-order valence-electron chi connectivity index (χ3n) is 6.22. The molecular formula is C20H29ClN2O.